The van der Waals surface area contributed by atoms with Crippen molar-refractivity contribution in [2.45, 2.75) is 51.2 Å². The van der Waals surface area contributed by atoms with Crippen molar-refractivity contribution in [2.75, 3.05) is 19.6 Å². The van der Waals surface area contributed by atoms with Crippen LogP contribution in [0.25, 0.3) is 0 Å². The fourth-order valence-electron chi connectivity index (χ4n) is 2.98. The van der Waals surface area contributed by atoms with Gasteiger partial charge in [0.05, 0.1) is 11.6 Å². The number of amides is 1. The number of carbonyl (C=O) groups is 1. The van der Waals surface area contributed by atoms with Crippen LogP contribution in [0, 0.1) is 5.92 Å². The summed E-state index contributed by atoms with van der Waals surface area (Å²) in [5.41, 5.74) is -0.347. The summed E-state index contributed by atoms with van der Waals surface area (Å²) in [6.07, 6.45) is 3.40. The lowest BCUT2D eigenvalue weighted by molar-refractivity contribution is -0.142. The first kappa shape index (κ1) is 12.8. The molecule has 3 unspecified atom stereocenters. The van der Waals surface area contributed by atoms with E-state index < -0.39 is 0 Å². The normalized spacial score (nSPS) is 38.4. The number of nitrogens with zero attached hydrogens (tertiary/aromatic N) is 1. The molecule has 2 rings (SSSR count). The molecule has 0 bridgehead atoms. The summed E-state index contributed by atoms with van der Waals surface area (Å²) < 4.78 is 0. The molecule has 2 fully saturated rings. The topological polar surface area (TPSA) is 52.6 Å². The summed E-state index contributed by atoms with van der Waals surface area (Å²) in [5, 5.41) is 13.3. The SMILES string of the molecule is CCC1(C(=O)N2CCC(C)C(O)C2)CCCN1. The third kappa shape index (κ3) is 2.33. The molecule has 2 aliphatic heterocycles. The molecule has 2 aliphatic rings. The maximum Gasteiger partial charge on any atom is 0.242 e. The lowest BCUT2D eigenvalue weighted by Crippen LogP contribution is -2.58. The first-order chi connectivity index (χ1) is 8.09. The maximum atomic E-state index is 12.6. The highest BCUT2D eigenvalue weighted by Crippen LogP contribution is 2.27. The summed E-state index contributed by atoms with van der Waals surface area (Å²) in [6.45, 7) is 6.35. The van der Waals surface area contributed by atoms with Crippen LogP contribution in [-0.4, -0.2) is 47.2 Å². The Kier molecular flexibility index (Phi) is 3.73. The van der Waals surface area contributed by atoms with Gasteiger partial charge < -0.3 is 15.3 Å². The molecule has 3 atom stereocenters. The second-order valence-electron chi connectivity index (χ2n) is 5.55. The number of β-amino-alcohol motifs (C(OH)–C–C–N with tert-alkyl or cyclic N) is 1. The number of hydrogen-bond acceptors (Lipinski definition) is 3. The average molecular weight is 240 g/mol. The minimum atomic E-state index is -0.358. The van der Waals surface area contributed by atoms with Gasteiger partial charge in [-0.15, -0.1) is 0 Å². The van der Waals surface area contributed by atoms with Crippen molar-refractivity contribution in [3.63, 3.8) is 0 Å². The molecule has 0 radical (unpaired) electrons. The maximum absolute atomic E-state index is 12.6. The van der Waals surface area contributed by atoms with Crippen LogP contribution in [0.2, 0.25) is 0 Å². The molecule has 2 N–H and O–H groups in total. The van der Waals surface area contributed by atoms with E-state index in [1.54, 1.807) is 0 Å². The number of hydrogen-bond donors (Lipinski definition) is 2. The molecule has 2 heterocycles. The summed E-state index contributed by atoms with van der Waals surface area (Å²) in [5.74, 6) is 0.511. The molecule has 4 heteroatoms. The molecule has 0 saturated carbocycles. The first-order valence-corrected chi connectivity index (χ1v) is 6.81. The molecule has 4 nitrogen and oxygen atoms in total. The largest absolute Gasteiger partial charge is 0.391 e. The van der Waals surface area contributed by atoms with Crippen molar-refractivity contribution in [2.24, 2.45) is 5.92 Å². The zero-order valence-electron chi connectivity index (χ0n) is 10.9. The first-order valence-electron chi connectivity index (χ1n) is 6.81. The Bertz CT molecular complexity index is 287. The van der Waals surface area contributed by atoms with Crippen LogP contribution in [-0.2, 0) is 4.79 Å². The molecule has 0 aromatic heterocycles. The zero-order valence-corrected chi connectivity index (χ0v) is 10.9. The van der Waals surface area contributed by atoms with Crippen molar-refractivity contribution in [3.05, 3.63) is 0 Å². The van der Waals surface area contributed by atoms with Crippen LogP contribution in [0.1, 0.15) is 39.5 Å². The van der Waals surface area contributed by atoms with Gasteiger partial charge in [-0.2, -0.15) is 0 Å². The third-order valence-electron chi connectivity index (χ3n) is 4.46. The molecule has 0 aromatic carbocycles. The molecule has 17 heavy (non-hydrogen) atoms. The van der Waals surface area contributed by atoms with Crippen LogP contribution in [0.5, 0.6) is 0 Å². The predicted molar refractivity (Wildman–Crippen MR) is 66.6 cm³/mol. The minimum Gasteiger partial charge on any atom is -0.391 e. The van der Waals surface area contributed by atoms with Crippen molar-refractivity contribution in [1.29, 1.82) is 0 Å². The van der Waals surface area contributed by atoms with E-state index in [4.69, 9.17) is 0 Å². The summed E-state index contributed by atoms with van der Waals surface area (Å²) >= 11 is 0. The van der Waals surface area contributed by atoms with E-state index in [-0.39, 0.29) is 17.6 Å². The van der Waals surface area contributed by atoms with Crippen molar-refractivity contribution < 1.29 is 9.90 Å². The quantitative estimate of drug-likeness (QED) is 0.749. The van der Waals surface area contributed by atoms with E-state index in [1.165, 1.54) is 0 Å². The number of aliphatic hydroxyl groups is 1. The monoisotopic (exact) mass is 240 g/mol. The molecule has 0 aliphatic carbocycles. The summed E-state index contributed by atoms with van der Waals surface area (Å²) in [4.78, 5) is 14.4. The zero-order chi connectivity index (χ0) is 12.5. The highest BCUT2D eigenvalue weighted by Gasteiger charge is 2.43. The number of carbonyl (C=O) groups excluding carboxylic acids is 1. The minimum absolute atomic E-state index is 0.198. The van der Waals surface area contributed by atoms with Gasteiger partial charge in [-0.1, -0.05) is 13.8 Å². The summed E-state index contributed by atoms with van der Waals surface area (Å²) in [7, 11) is 0. The van der Waals surface area contributed by atoms with Gasteiger partial charge in [-0.05, 0) is 38.1 Å². The second kappa shape index (κ2) is 4.94. The van der Waals surface area contributed by atoms with E-state index in [0.717, 1.165) is 38.8 Å². The Balaban J connectivity index is 2.04. The number of piperidine rings is 1. The molecule has 2 saturated heterocycles. The molecule has 0 spiro atoms. The lowest BCUT2D eigenvalue weighted by Gasteiger charge is -2.39. The highest BCUT2D eigenvalue weighted by atomic mass is 16.3. The van der Waals surface area contributed by atoms with Gasteiger partial charge in [0.25, 0.3) is 0 Å². The fourth-order valence-corrected chi connectivity index (χ4v) is 2.98. The van der Waals surface area contributed by atoms with Gasteiger partial charge in [0, 0.05) is 13.1 Å². The van der Waals surface area contributed by atoms with Crippen molar-refractivity contribution in [1.82, 2.24) is 10.2 Å². The smallest absolute Gasteiger partial charge is 0.242 e. The Morgan fingerprint density at radius 2 is 2.35 bits per heavy atom. The summed E-state index contributed by atoms with van der Waals surface area (Å²) in [6, 6.07) is 0. The van der Waals surface area contributed by atoms with Crippen LogP contribution >= 0.6 is 0 Å². The molecule has 98 valence electrons. The highest BCUT2D eigenvalue weighted by molar-refractivity contribution is 5.86. The van der Waals surface area contributed by atoms with E-state index in [0.29, 0.717) is 12.5 Å². The number of rotatable bonds is 2. The van der Waals surface area contributed by atoms with Gasteiger partial charge in [-0.3, -0.25) is 4.79 Å². The van der Waals surface area contributed by atoms with E-state index in [2.05, 4.69) is 19.2 Å². The third-order valence-corrected chi connectivity index (χ3v) is 4.46. The van der Waals surface area contributed by atoms with E-state index in [1.807, 2.05) is 4.90 Å². The van der Waals surface area contributed by atoms with Gasteiger partial charge >= 0.3 is 0 Å². The number of aliphatic hydroxyl groups excluding tert-OH is 1. The lowest BCUT2D eigenvalue weighted by atomic mass is 9.89. The Morgan fingerprint density at radius 3 is 2.88 bits per heavy atom. The fraction of sp³-hybridized carbons (Fsp3) is 0.923. The predicted octanol–water partition coefficient (Wildman–Crippen LogP) is 0.748. The van der Waals surface area contributed by atoms with Gasteiger partial charge in [0.15, 0.2) is 0 Å². The second-order valence-corrected chi connectivity index (χ2v) is 5.55. The number of likely N-dealkylation sites (tertiary alicyclic amines) is 1. The van der Waals surface area contributed by atoms with E-state index in [9.17, 15) is 9.90 Å². The molecule has 1 amide bonds. The van der Waals surface area contributed by atoms with Crippen LogP contribution in [0.15, 0.2) is 0 Å². The Labute approximate surface area is 103 Å². The molecular formula is C13H24N2O2. The van der Waals surface area contributed by atoms with Gasteiger partial charge in [0.2, 0.25) is 5.91 Å². The Hall–Kier alpha value is -0.610. The van der Waals surface area contributed by atoms with Gasteiger partial charge in [-0.25, -0.2) is 0 Å². The average Bonchev–Trinajstić information content (AvgIpc) is 2.81. The van der Waals surface area contributed by atoms with Crippen LogP contribution < -0.4 is 5.32 Å². The van der Waals surface area contributed by atoms with Crippen LogP contribution in [0.4, 0.5) is 0 Å². The van der Waals surface area contributed by atoms with Crippen molar-refractivity contribution >= 4 is 5.91 Å². The standard InChI is InChI=1S/C13H24N2O2/c1-3-13(6-4-7-14-13)12(17)15-8-5-10(2)11(16)9-15/h10-11,14,16H,3-9H2,1-2H3. The number of nitrogens with one attached hydrogen (secondary N) is 1. The van der Waals surface area contributed by atoms with Crippen molar-refractivity contribution in [3.8, 4) is 0 Å². The van der Waals surface area contributed by atoms with Gasteiger partial charge in [0.1, 0.15) is 0 Å². The molecule has 0 aromatic rings. The van der Waals surface area contributed by atoms with E-state index >= 15 is 0 Å². The molecular weight excluding hydrogens is 216 g/mol. The Morgan fingerprint density at radius 1 is 1.59 bits per heavy atom. The van der Waals surface area contributed by atoms with Crippen LogP contribution in [0.3, 0.4) is 0 Å².